The first-order chi connectivity index (χ1) is 11.8. The summed E-state index contributed by atoms with van der Waals surface area (Å²) in [5, 5.41) is 16.4. The molecular weight excluding hydrogens is 314 g/mol. The van der Waals surface area contributed by atoms with E-state index in [4.69, 9.17) is 4.74 Å². The quantitative estimate of drug-likeness (QED) is 0.769. The largest absolute Gasteiger partial charge is 0.489 e. The van der Waals surface area contributed by atoms with E-state index < -0.39 is 0 Å². The fraction of sp³-hybridized carbons (Fsp3) is 0.421. The molecular formula is C19H25N5O. The lowest BCUT2D eigenvalue weighted by atomic mass is 9.96. The van der Waals surface area contributed by atoms with Crippen molar-refractivity contribution in [3.05, 3.63) is 47.8 Å². The summed E-state index contributed by atoms with van der Waals surface area (Å²) in [5.41, 5.74) is 1.76. The lowest BCUT2D eigenvalue weighted by molar-refractivity contribution is 0.233. The summed E-state index contributed by atoms with van der Waals surface area (Å²) in [6.45, 7) is 11.0. The van der Waals surface area contributed by atoms with Gasteiger partial charge in [0.15, 0.2) is 11.5 Å². The first kappa shape index (κ1) is 17.2. The van der Waals surface area contributed by atoms with Crippen molar-refractivity contribution < 1.29 is 4.74 Å². The molecule has 1 atom stereocenters. The van der Waals surface area contributed by atoms with Gasteiger partial charge in [0.2, 0.25) is 0 Å². The molecule has 6 heteroatoms. The van der Waals surface area contributed by atoms with E-state index in [0.29, 0.717) is 6.54 Å². The number of ether oxygens (including phenoxy) is 1. The van der Waals surface area contributed by atoms with Crippen molar-refractivity contribution in [3.63, 3.8) is 0 Å². The summed E-state index contributed by atoms with van der Waals surface area (Å²) in [5.74, 6) is 2.53. The smallest absolute Gasteiger partial charge is 0.178 e. The van der Waals surface area contributed by atoms with Crippen molar-refractivity contribution in [1.29, 1.82) is 0 Å². The molecule has 0 amide bonds. The number of aromatic nitrogens is 4. The lowest BCUT2D eigenvalue weighted by Crippen LogP contribution is -2.24. The number of anilines is 1. The van der Waals surface area contributed by atoms with Crippen LogP contribution in [0.25, 0.3) is 5.65 Å². The van der Waals surface area contributed by atoms with Gasteiger partial charge < -0.3 is 10.1 Å². The first-order valence-corrected chi connectivity index (χ1v) is 8.54. The predicted molar refractivity (Wildman–Crippen MR) is 99.2 cm³/mol. The zero-order valence-corrected chi connectivity index (χ0v) is 15.4. The van der Waals surface area contributed by atoms with Crippen LogP contribution in [-0.4, -0.2) is 32.5 Å². The number of nitrogens with zero attached hydrogens (tertiary/aromatic N) is 4. The number of fused-ring (bicyclic) bond motifs is 1. The molecule has 0 radical (unpaired) electrons. The van der Waals surface area contributed by atoms with Crippen molar-refractivity contribution in [1.82, 2.24) is 19.8 Å². The molecule has 0 saturated carbocycles. The van der Waals surface area contributed by atoms with Gasteiger partial charge in [-0.15, -0.1) is 15.3 Å². The molecule has 0 bridgehead atoms. The minimum atomic E-state index is -0.119. The van der Waals surface area contributed by atoms with Crippen LogP contribution < -0.4 is 10.1 Å². The van der Waals surface area contributed by atoms with Gasteiger partial charge in [0.25, 0.3) is 0 Å². The number of rotatable bonds is 5. The number of nitrogens with one attached hydrogen (secondary N) is 1. The maximum atomic E-state index is 6.00. The second kappa shape index (κ2) is 6.70. The molecule has 2 heterocycles. The molecule has 1 unspecified atom stereocenters. The summed E-state index contributed by atoms with van der Waals surface area (Å²) in [6, 6.07) is 11.9. The van der Waals surface area contributed by atoms with Crippen LogP contribution in [0.1, 0.15) is 39.1 Å². The third-order valence-electron chi connectivity index (χ3n) is 3.93. The highest BCUT2D eigenvalue weighted by molar-refractivity contribution is 5.44. The van der Waals surface area contributed by atoms with Gasteiger partial charge in [-0.3, -0.25) is 0 Å². The van der Waals surface area contributed by atoms with E-state index in [9.17, 15) is 0 Å². The van der Waals surface area contributed by atoms with Gasteiger partial charge in [-0.2, -0.15) is 4.52 Å². The Morgan fingerprint density at radius 2 is 1.88 bits per heavy atom. The van der Waals surface area contributed by atoms with Crippen LogP contribution in [0, 0.1) is 6.92 Å². The molecule has 2 aromatic heterocycles. The molecule has 132 valence electrons. The summed E-state index contributed by atoms with van der Waals surface area (Å²) in [6.07, 6.45) is 0.0154. The van der Waals surface area contributed by atoms with Crippen LogP contribution in [0.5, 0.6) is 5.75 Å². The highest BCUT2D eigenvalue weighted by Crippen LogP contribution is 2.21. The number of hydrogen-bond donors (Lipinski definition) is 1. The van der Waals surface area contributed by atoms with Crippen LogP contribution in [0.4, 0.5) is 5.82 Å². The average Bonchev–Trinajstić information content (AvgIpc) is 2.98. The Balaban J connectivity index is 1.70. The maximum Gasteiger partial charge on any atom is 0.178 e. The van der Waals surface area contributed by atoms with Gasteiger partial charge in [0.1, 0.15) is 17.7 Å². The topological polar surface area (TPSA) is 64.3 Å². The standard InChI is InChI=1S/C19H25N5O/c1-13-8-6-7-9-15(13)25-14(2)12-20-16-10-11-17-21-22-18(19(3,4)5)24(17)23-16/h6-11,14H,12H2,1-5H3,(H,20,23). The van der Waals surface area contributed by atoms with E-state index >= 15 is 0 Å². The molecule has 3 aromatic rings. The summed E-state index contributed by atoms with van der Waals surface area (Å²) < 4.78 is 7.80. The van der Waals surface area contributed by atoms with Crippen molar-refractivity contribution in [2.75, 3.05) is 11.9 Å². The van der Waals surface area contributed by atoms with E-state index in [1.807, 2.05) is 50.2 Å². The van der Waals surface area contributed by atoms with E-state index in [1.165, 1.54) is 0 Å². The zero-order valence-electron chi connectivity index (χ0n) is 15.4. The third kappa shape index (κ3) is 3.90. The molecule has 0 aliphatic heterocycles. The molecule has 0 spiro atoms. The van der Waals surface area contributed by atoms with Gasteiger partial charge in [0, 0.05) is 5.41 Å². The first-order valence-electron chi connectivity index (χ1n) is 8.54. The van der Waals surface area contributed by atoms with Gasteiger partial charge in [0.05, 0.1) is 6.54 Å². The average molecular weight is 339 g/mol. The van der Waals surface area contributed by atoms with Crippen molar-refractivity contribution in [3.8, 4) is 5.75 Å². The highest BCUT2D eigenvalue weighted by Gasteiger charge is 2.21. The Labute approximate surface area is 148 Å². The predicted octanol–water partition coefficient (Wildman–Crippen LogP) is 3.61. The molecule has 0 aliphatic carbocycles. The fourth-order valence-electron chi connectivity index (χ4n) is 2.55. The van der Waals surface area contributed by atoms with Crippen molar-refractivity contribution in [2.24, 2.45) is 0 Å². The number of aryl methyl sites for hydroxylation is 1. The van der Waals surface area contributed by atoms with E-state index in [0.717, 1.165) is 28.6 Å². The molecule has 1 aromatic carbocycles. The number of hydrogen-bond acceptors (Lipinski definition) is 5. The Morgan fingerprint density at radius 1 is 1.12 bits per heavy atom. The number of para-hydroxylation sites is 1. The maximum absolute atomic E-state index is 6.00. The van der Waals surface area contributed by atoms with E-state index in [1.54, 1.807) is 4.52 Å². The normalized spacial score (nSPS) is 13.0. The Bertz CT molecular complexity index is 866. The van der Waals surface area contributed by atoms with Gasteiger partial charge in [-0.1, -0.05) is 39.0 Å². The van der Waals surface area contributed by atoms with Gasteiger partial charge >= 0.3 is 0 Å². The summed E-state index contributed by atoms with van der Waals surface area (Å²) >= 11 is 0. The lowest BCUT2D eigenvalue weighted by Gasteiger charge is -2.18. The molecule has 0 saturated heterocycles. The van der Waals surface area contributed by atoms with Crippen molar-refractivity contribution in [2.45, 2.75) is 46.1 Å². The molecule has 3 rings (SSSR count). The SMILES string of the molecule is Cc1ccccc1OC(C)CNc1ccc2nnc(C(C)(C)C)n2n1. The Morgan fingerprint density at radius 3 is 2.60 bits per heavy atom. The monoisotopic (exact) mass is 339 g/mol. The summed E-state index contributed by atoms with van der Waals surface area (Å²) in [4.78, 5) is 0. The Kier molecular flexibility index (Phi) is 4.61. The number of benzene rings is 1. The van der Waals surface area contributed by atoms with E-state index in [-0.39, 0.29) is 11.5 Å². The van der Waals surface area contributed by atoms with Crippen LogP contribution in [0.2, 0.25) is 0 Å². The van der Waals surface area contributed by atoms with Crippen LogP contribution in [-0.2, 0) is 5.41 Å². The second-order valence-corrected chi connectivity index (χ2v) is 7.34. The minimum Gasteiger partial charge on any atom is -0.489 e. The fourth-order valence-corrected chi connectivity index (χ4v) is 2.55. The summed E-state index contributed by atoms with van der Waals surface area (Å²) in [7, 11) is 0. The van der Waals surface area contributed by atoms with Crippen LogP contribution in [0.3, 0.4) is 0 Å². The molecule has 6 nitrogen and oxygen atoms in total. The minimum absolute atomic E-state index is 0.0154. The third-order valence-corrected chi connectivity index (χ3v) is 3.93. The van der Waals surface area contributed by atoms with Crippen molar-refractivity contribution >= 4 is 11.5 Å². The van der Waals surface area contributed by atoms with Crippen LogP contribution in [0.15, 0.2) is 36.4 Å². The Hall–Kier alpha value is -2.63. The van der Waals surface area contributed by atoms with Gasteiger partial charge in [-0.25, -0.2) is 0 Å². The molecule has 0 aliphatic rings. The second-order valence-electron chi connectivity index (χ2n) is 7.34. The van der Waals surface area contributed by atoms with E-state index in [2.05, 4.69) is 41.4 Å². The van der Waals surface area contributed by atoms with Gasteiger partial charge in [-0.05, 0) is 37.6 Å². The molecule has 0 fully saturated rings. The molecule has 1 N–H and O–H groups in total. The highest BCUT2D eigenvalue weighted by atomic mass is 16.5. The molecule has 25 heavy (non-hydrogen) atoms. The zero-order chi connectivity index (χ0) is 18.0. The van der Waals surface area contributed by atoms with Crippen LogP contribution >= 0.6 is 0 Å².